The van der Waals surface area contributed by atoms with Gasteiger partial charge in [-0.2, -0.15) is 0 Å². The number of rotatable bonds is 6. The summed E-state index contributed by atoms with van der Waals surface area (Å²) in [5.74, 6) is 2.50. The molecule has 39 heavy (non-hydrogen) atoms. The van der Waals surface area contributed by atoms with Gasteiger partial charge in [0.25, 0.3) is 0 Å². The van der Waals surface area contributed by atoms with E-state index >= 15 is 0 Å². The molecule has 0 amide bonds. The van der Waals surface area contributed by atoms with Crippen molar-refractivity contribution in [3.63, 3.8) is 0 Å². The van der Waals surface area contributed by atoms with Crippen LogP contribution in [0.25, 0.3) is 45.3 Å². The minimum atomic E-state index is 0.786. The molecule has 0 spiro atoms. The third-order valence-corrected chi connectivity index (χ3v) is 6.82. The number of imidazole rings is 2. The van der Waals surface area contributed by atoms with Gasteiger partial charge in [-0.15, -0.1) is 0 Å². The average molecular weight is 509 g/mol. The highest BCUT2D eigenvalue weighted by molar-refractivity contribution is 5.83. The first kappa shape index (κ1) is 24.2. The van der Waals surface area contributed by atoms with Crippen molar-refractivity contribution < 1.29 is 0 Å². The van der Waals surface area contributed by atoms with Crippen LogP contribution < -0.4 is 0 Å². The Morgan fingerprint density at radius 3 is 1.92 bits per heavy atom. The van der Waals surface area contributed by atoms with Gasteiger partial charge in [0, 0.05) is 34.9 Å². The fourth-order valence-corrected chi connectivity index (χ4v) is 5.01. The maximum atomic E-state index is 5.03. The fraction of sp³-hybridized carbons (Fsp3) is 0.0909. The highest BCUT2D eigenvalue weighted by Gasteiger charge is 2.22. The van der Waals surface area contributed by atoms with Crippen LogP contribution in [0.3, 0.4) is 0 Å². The molecule has 6 rings (SSSR count). The molecule has 0 N–H and O–H groups in total. The van der Waals surface area contributed by atoms with Gasteiger partial charge in [0.2, 0.25) is 0 Å². The van der Waals surface area contributed by atoms with E-state index in [0.29, 0.717) is 0 Å². The molecule has 6 heteroatoms. The SMILES string of the molecule is C=CC=Nc1c(C)nc(-c2cc(C)c(-c3nc4cccnc4n3-c3ccccc3)cc2C)n1-c1ccccc1. The van der Waals surface area contributed by atoms with Crippen LogP contribution in [-0.2, 0) is 0 Å². The van der Waals surface area contributed by atoms with Crippen molar-refractivity contribution in [3.8, 4) is 34.2 Å². The highest BCUT2D eigenvalue weighted by atomic mass is 15.2. The summed E-state index contributed by atoms with van der Waals surface area (Å²) in [5.41, 5.74) is 8.86. The standard InChI is InChI=1S/C33H28N6/c1-5-18-34-30-24(4)36-31(38(30)25-13-8-6-9-14-25)27-20-23(3)28(21-22(27)2)32-37-29-17-12-19-35-33(29)39(32)26-15-10-7-11-16-26/h5-21H,1H2,2-4H3. The fourth-order valence-electron chi connectivity index (χ4n) is 5.01. The summed E-state index contributed by atoms with van der Waals surface area (Å²) in [5, 5.41) is 0. The van der Waals surface area contributed by atoms with Crippen LogP contribution in [-0.4, -0.2) is 30.3 Å². The third kappa shape index (κ3) is 4.26. The van der Waals surface area contributed by atoms with E-state index in [-0.39, 0.29) is 0 Å². The summed E-state index contributed by atoms with van der Waals surface area (Å²) >= 11 is 0. The van der Waals surface area contributed by atoms with Crippen LogP contribution >= 0.6 is 0 Å². The molecule has 0 fully saturated rings. The molecule has 0 aliphatic heterocycles. The van der Waals surface area contributed by atoms with E-state index in [1.165, 1.54) is 0 Å². The molecule has 190 valence electrons. The lowest BCUT2D eigenvalue weighted by molar-refractivity contribution is 1.05. The summed E-state index contributed by atoms with van der Waals surface area (Å²) in [6.07, 6.45) is 5.20. The molecular formula is C33H28N6. The topological polar surface area (TPSA) is 60.9 Å². The number of allylic oxidation sites excluding steroid dienone is 1. The molecule has 0 unspecified atom stereocenters. The van der Waals surface area contributed by atoms with Crippen molar-refractivity contribution in [1.29, 1.82) is 0 Å². The molecule has 3 heterocycles. The summed E-state index contributed by atoms with van der Waals surface area (Å²) in [6.45, 7) is 10.0. The van der Waals surface area contributed by atoms with Crippen molar-refractivity contribution in [1.82, 2.24) is 24.1 Å². The number of nitrogens with zero attached hydrogens (tertiary/aromatic N) is 6. The number of aryl methyl sites for hydroxylation is 3. The molecule has 0 aliphatic rings. The Kier molecular flexibility index (Phi) is 6.21. The van der Waals surface area contributed by atoms with Crippen molar-refractivity contribution in [2.24, 2.45) is 4.99 Å². The molecule has 0 aliphatic carbocycles. The van der Waals surface area contributed by atoms with Gasteiger partial charge in [-0.25, -0.2) is 19.9 Å². The van der Waals surface area contributed by atoms with E-state index < -0.39 is 0 Å². The minimum absolute atomic E-state index is 0.786. The first-order valence-corrected chi connectivity index (χ1v) is 12.9. The molecule has 0 saturated heterocycles. The van der Waals surface area contributed by atoms with Crippen molar-refractivity contribution >= 4 is 23.2 Å². The third-order valence-electron chi connectivity index (χ3n) is 6.82. The van der Waals surface area contributed by atoms with Gasteiger partial charge in [-0.05, 0) is 80.4 Å². The Labute approximate surface area is 227 Å². The van der Waals surface area contributed by atoms with Crippen LogP contribution in [0.5, 0.6) is 0 Å². The van der Waals surface area contributed by atoms with Crippen LogP contribution in [0, 0.1) is 20.8 Å². The van der Waals surface area contributed by atoms with E-state index in [2.05, 4.69) is 75.9 Å². The molecule has 3 aromatic carbocycles. The zero-order valence-corrected chi connectivity index (χ0v) is 22.2. The van der Waals surface area contributed by atoms with Crippen LogP contribution in [0.2, 0.25) is 0 Å². The smallest absolute Gasteiger partial charge is 0.164 e. The van der Waals surface area contributed by atoms with E-state index in [1.807, 2.05) is 61.7 Å². The normalized spacial score (nSPS) is 11.5. The maximum Gasteiger partial charge on any atom is 0.164 e. The van der Waals surface area contributed by atoms with Gasteiger partial charge < -0.3 is 0 Å². The zero-order chi connectivity index (χ0) is 26.9. The highest BCUT2D eigenvalue weighted by Crippen LogP contribution is 2.37. The monoisotopic (exact) mass is 508 g/mol. The Morgan fingerprint density at radius 1 is 0.718 bits per heavy atom. The van der Waals surface area contributed by atoms with Crippen molar-refractivity contribution in [3.05, 3.63) is 121 Å². The molecule has 0 bridgehead atoms. The lowest BCUT2D eigenvalue weighted by Gasteiger charge is -2.16. The van der Waals surface area contributed by atoms with Gasteiger partial charge in [-0.1, -0.05) is 49.1 Å². The van der Waals surface area contributed by atoms with Crippen molar-refractivity contribution in [2.75, 3.05) is 0 Å². The quantitative estimate of drug-likeness (QED) is 0.216. The molecule has 0 atom stereocenters. The average Bonchev–Trinajstić information content (AvgIpc) is 3.51. The molecule has 0 saturated carbocycles. The van der Waals surface area contributed by atoms with Crippen LogP contribution in [0.15, 0.2) is 109 Å². The van der Waals surface area contributed by atoms with E-state index in [9.17, 15) is 0 Å². The molecule has 3 aromatic heterocycles. The van der Waals surface area contributed by atoms with Gasteiger partial charge >= 0.3 is 0 Å². The zero-order valence-electron chi connectivity index (χ0n) is 22.2. The van der Waals surface area contributed by atoms with E-state index in [0.717, 1.165) is 68.0 Å². The number of hydrogen-bond acceptors (Lipinski definition) is 4. The number of hydrogen-bond donors (Lipinski definition) is 0. The predicted molar refractivity (Wildman–Crippen MR) is 159 cm³/mol. The Balaban J connectivity index is 1.57. The van der Waals surface area contributed by atoms with Gasteiger partial charge in [0.15, 0.2) is 11.5 Å². The number of para-hydroxylation sites is 2. The minimum Gasteiger partial charge on any atom is -0.277 e. The van der Waals surface area contributed by atoms with Crippen molar-refractivity contribution in [2.45, 2.75) is 20.8 Å². The lowest BCUT2D eigenvalue weighted by atomic mass is 9.98. The lowest BCUT2D eigenvalue weighted by Crippen LogP contribution is -2.02. The van der Waals surface area contributed by atoms with Crippen LogP contribution in [0.1, 0.15) is 16.8 Å². The number of aromatic nitrogens is 5. The summed E-state index contributed by atoms with van der Waals surface area (Å²) in [7, 11) is 0. The molecule has 0 radical (unpaired) electrons. The number of fused-ring (bicyclic) bond motifs is 1. The second-order valence-corrected chi connectivity index (χ2v) is 9.46. The Hall–Kier alpha value is -5.10. The van der Waals surface area contributed by atoms with E-state index in [4.69, 9.17) is 9.97 Å². The van der Waals surface area contributed by atoms with Gasteiger partial charge in [0.05, 0.1) is 5.69 Å². The van der Waals surface area contributed by atoms with Gasteiger partial charge in [-0.3, -0.25) is 9.13 Å². The number of pyridine rings is 1. The molecule has 6 aromatic rings. The second kappa shape index (κ2) is 9.99. The van der Waals surface area contributed by atoms with Crippen LogP contribution in [0.4, 0.5) is 5.82 Å². The second-order valence-electron chi connectivity index (χ2n) is 9.46. The van der Waals surface area contributed by atoms with E-state index in [1.54, 1.807) is 12.3 Å². The Morgan fingerprint density at radius 2 is 1.31 bits per heavy atom. The predicted octanol–water partition coefficient (Wildman–Crippen LogP) is 7.75. The summed E-state index contributed by atoms with van der Waals surface area (Å²) < 4.78 is 4.24. The number of benzene rings is 3. The maximum absolute atomic E-state index is 5.03. The molecule has 6 nitrogen and oxygen atoms in total. The summed E-state index contributed by atoms with van der Waals surface area (Å²) in [4.78, 5) is 19.4. The van der Waals surface area contributed by atoms with Gasteiger partial charge in [0.1, 0.15) is 17.2 Å². The first-order valence-electron chi connectivity index (χ1n) is 12.9. The first-order chi connectivity index (χ1) is 19.1. The number of aliphatic imine (C=N–C) groups is 1. The summed E-state index contributed by atoms with van der Waals surface area (Å²) in [6, 6.07) is 28.8. The Bertz CT molecular complexity index is 1840. The largest absolute Gasteiger partial charge is 0.277 e. The molecular weight excluding hydrogens is 480 g/mol.